The van der Waals surface area contributed by atoms with Crippen molar-refractivity contribution in [2.75, 3.05) is 5.33 Å². The molecule has 0 heterocycles. The summed E-state index contributed by atoms with van der Waals surface area (Å²) in [6, 6.07) is 0. The van der Waals surface area contributed by atoms with Crippen molar-refractivity contribution in [3.05, 3.63) is 0 Å². The van der Waals surface area contributed by atoms with Crippen molar-refractivity contribution in [2.24, 2.45) is 5.41 Å². The van der Waals surface area contributed by atoms with Gasteiger partial charge >= 0.3 is 11.9 Å². The molecule has 0 fully saturated rings. The van der Waals surface area contributed by atoms with Gasteiger partial charge in [0.1, 0.15) is 0 Å². The number of halogens is 1. The van der Waals surface area contributed by atoms with Crippen LogP contribution in [0.5, 0.6) is 0 Å². The zero-order chi connectivity index (χ0) is 9.78. The molecule has 0 rings (SSSR count). The molecule has 0 aliphatic heterocycles. The molecule has 0 bridgehead atoms. The van der Waals surface area contributed by atoms with Crippen LogP contribution in [0.4, 0.5) is 0 Å². The molecule has 0 aromatic heterocycles. The van der Waals surface area contributed by atoms with E-state index in [1.54, 1.807) is 0 Å². The molecule has 0 spiro atoms. The third kappa shape index (κ3) is 2.48. The van der Waals surface area contributed by atoms with Crippen LogP contribution in [0.25, 0.3) is 0 Å². The first-order chi connectivity index (χ1) is 5.45. The van der Waals surface area contributed by atoms with Gasteiger partial charge in [0, 0.05) is 5.33 Å². The fourth-order valence-corrected chi connectivity index (χ4v) is 1.01. The molecule has 70 valence electrons. The molecule has 0 aliphatic rings. The summed E-state index contributed by atoms with van der Waals surface area (Å²) < 4.78 is 0. The van der Waals surface area contributed by atoms with Gasteiger partial charge in [-0.3, -0.25) is 9.59 Å². The Bertz CT molecular complexity index is 176. The van der Waals surface area contributed by atoms with Crippen molar-refractivity contribution in [3.63, 3.8) is 0 Å². The number of carbonyl (C=O) groups is 2. The monoisotopic (exact) mass is 238 g/mol. The Labute approximate surface area is 78.7 Å². The maximum absolute atomic E-state index is 10.6. The van der Waals surface area contributed by atoms with E-state index in [-0.39, 0.29) is 6.42 Å². The molecule has 0 radical (unpaired) electrons. The quantitative estimate of drug-likeness (QED) is 0.560. The van der Waals surface area contributed by atoms with Gasteiger partial charge in [-0.1, -0.05) is 15.9 Å². The standard InChI is InChI=1S/C7H11BrO4/c1-7(5(9)10,6(11)12)3-2-4-8/h2-4H2,1H3,(H,9,10)(H,11,12). The topological polar surface area (TPSA) is 74.6 Å². The molecular weight excluding hydrogens is 228 g/mol. The first kappa shape index (κ1) is 11.4. The Hall–Kier alpha value is -0.580. The normalized spacial score (nSPS) is 11.2. The summed E-state index contributed by atoms with van der Waals surface area (Å²) in [7, 11) is 0. The van der Waals surface area contributed by atoms with E-state index >= 15 is 0 Å². The Balaban J connectivity index is 4.40. The highest BCUT2D eigenvalue weighted by molar-refractivity contribution is 9.09. The molecule has 0 aromatic rings. The molecule has 0 aromatic carbocycles. The average Bonchev–Trinajstić information content (AvgIpc) is 1.99. The number of aliphatic carboxylic acids is 2. The van der Waals surface area contributed by atoms with Crippen molar-refractivity contribution in [1.29, 1.82) is 0 Å². The summed E-state index contributed by atoms with van der Waals surface area (Å²) in [5.74, 6) is -2.56. The summed E-state index contributed by atoms with van der Waals surface area (Å²) in [6.07, 6.45) is 0.679. The highest BCUT2D eigenvalue weighted by Crippen LogP contribution is 2.24. The zero-order valence-electron chi connectivity index (χ0n) is 6.71. The van der Waals surface area contributed by atoms with E-state index < -0.39 is 17.4 Å². The smallest absolute Gasteiger partial charge is 0.320 e. The maximum atomic E-state index is 10.6. The third-order valence-corrected chi connectivity index (χ3v) is 2.32. The maximum Gasteiger partial charge on any atom is 0.320 e. The van der Waals surface area contributed by atoms with Crippen LogP contribution in [-0.2, 0) is 9.59 Å². The van der Waals surface area contributed by atoms with Gasteiger partial charge in [0.05, 0.1) is 0 Å². The van der Waals surface area contributed by atoms with Crippen LogP contribution in [0.1, 0.15) is 19.8 Å². The van der Waals surface area contributed by atoms with Crippen LogP contribution in [0.3, 0.4) is 0 Å². The Kier molecular flexibility index (Phi) is 4.23. The largest absolute Gasteiger partial charge is 0.480 e. The van der Waals surface area contributed by atoms with E-state index in [0.717, 1.165) is 0 Å². The molecule has 0 saturated heterocycles. The number of hydrogen-bond acceptors (Lipinski definition) is 2. The Morgan fingerprint density at radius 2 is 1.75 bits per heavy atom. The minimum absolute atomic E-state index is 0.142. The van der Waals surface area contributed by atoms with Gasteiger partial charge in [-0.05, 0) is 19.8 Å². The van der Waals surface area contributed by atoms with Gasteiger partial charge < -0.3 is 10.2 Å². The van der Waals surface area contributed by atoms with Crippen LogP contribution in [0.15, 0.2) is 0 Å². The average molecular weight is 239 g/mol. The fourth-order valence-electron chi connectivity index (χ4n) is 0.726. The Morgan fingerprint density at radius 1 is 1.33 bits per heavy atom. The van der Waals surface area contributed by atoms with Gasteiger partial charge in [-0.15, -0.1) is 0 Å². The lowest BCUT2D eigenvalue weighted by molar-refractivity contribution is -0.163. The molecule has 12 heavy (non-hydrogen) atoms. The van der Waals surface area contributed by atoms with E-state index in [1.807, 2.05) is 0 Å². The van der Waals surface area contributed by atoms with E-state index in [0.29, 0.717) is 11.8 Å². The summed E-state index contributed by atoms with van der Waals surface area (Å²) in [6.45, 7) is 1.22. The number of carboxylic acids is 2. The van der Waals surface area contributed by atoms with Crippen molar-refractivity contribution in [1.82, 2.24) is 0 Å². The lowest BCUT2D eigenvalue weighted by Gasteiger charge is -2.18. The minimum atomic E-state index is -1.65. The van der Waals surface area contributed by atoms with E-state index in [4.69, 9.17) is 10.2 Å². The van der Waals surface area contributed by atoms with Crippen LogP contribution < -0.4 is 0 Å². The molecule has 4 nitrogen and oxygen atoms in total. The fraction of sp³-hybridized carbons (Fsp3) is 0.714. The van der Waals surface area contributed by atoms with Crippen LogP contribution >= 0.6 is 15.9 Å². The van der Waals surface area contributed by atoms with Gasteiger partial charge in [0.25, 0.3) is 0 Å². The molecule has 0 saturated carbocycles. The summed E-state index contributed by atoms with van der Waals surface area (Å²) >= 11 is 3.11. The summed E-state index contributed by atoms with van der Waals surface area (Å²) in [5.41, 5.74) is -1.65. The highest BCUT2D eigenvalue weighted by atomic mass is 79.9. The predicted octanol–water partition coefficient (Wildman–Crippen LogP) is 1.34. The van der Waals surface area contributed by atoms with Gasteiger partial charge in [0.2, 0.25) is 0 Å². The van der Waals surface area contributed by atoms with Crippen LogP contribution in [0, 0.1) is 5.41 Å². The lowest BCUT2D eigenvalue weighted by Crippen LogP contribution is -2.36. The number of hydrogen-bond donors (Lipinski definition) is 2. The van der Waals surface area contributed by atoms with Gasteiger partial charge in [-0.2, -0.15) is 0 Å². The molecule has 2 N–H and O–H groups in total. The van der Waals surface area contributed by atoms with E-state index in [1.165, 1.54) is 6.92 Å². The van der Waals surface area contributed by atoms with E-state index in [9.17, 15) is 9.59 Å². The second kappa shape index (κ2) is 4.45. The molecule has 0 atom stereocenters. The highest BCUT2D eigenvalue weighted by Gasteiger charge is 2.40. The second-order valence-electron chi connectivity index (χ2n) is 2.73. The summed E-state index contributed by atoms with van der Waals surface area (Å²) in [4.78, 5) is 21.1. The molecule has 0 aliphatic carbocycles. The zero-order valence-corrected chi connectivity index (χ0v) is 8.30. The molecular formula is C7H11BrO4. The number of rotatable bonds is 5. The number of alkyl halides is 1. The predicted molar refractivity (Wildman–Crippen MR) is 46.4 cm³/mol. The lowest BCUT2D eigenvalue weighted by atomic mass is 9.86. The van der Waals surface area contributed by atoms with E-state index in [2.05, 4.69) is 15.9 Å². The van der Waals surface area contributed by atoms with Crippen molar-refractivity contribution in [3.8, 4) is 0 Å². The molecule has 0 unspecified atom stereocenters. The van der Waals surface area contributed by atoms with Crippen molar-refractivity contribution >= 4 is 27.9 Å². The first-order valence-electron chi connectivity index (χ1n) is 3.48. The van der Waals surface area contributed by atoms with Crippen LogP contribution in [0.2, 0.25) is 0 Å². The molecule has 5 heteroatoms. The third-order valence-electron chi connectivity index (χ3n) is 1.75. The van der Waals surface area contributed by atoms with Crippen molar-refractivity contribution < 1.29 is 19.8 Å². The first-order valence-corrected chi connectivity index (χ1v) is 4.60. The Morgan fingerprint density at radius 3 is 2.00 bits per heavy atom. The SMILES string of the molecule is CC(CCCBr)(C(=O)O)C(=O)O. The van der Waals surface area contributed by atoms with Gasteiger partial charge in [-0.25, -0.2) is 0 Å². The number of carboxylic acid groups (broad SMARTS) is 2. The minimum Gasteiger partial charge on any atom is -0.480 e. The summed E-state index contributed by atoms with van der Waals surface area (Å²) in [5, 5.41) is 17.9. The van der Waals surface area contributed by atoms with Crippen LogP contribution in [-0.4, -0.2) is 27.5 Å². The van der Waals surface area contributed by atoms with Gasteiger partial charge in [0.15, 0.2) is 5.41 Å². The molecule has 0 amide bonds. The second-order valence-corrected chi connectivity index (χ2v) is 3.53. The van der Waals surface area contributed by atoms with Crippen molar-refractivity contribution in [2.45, 2.75) is 19.8 Å².